The second kappa shape index (κ2) is 12.8. The molecule has 0 amide bonds. The van der Waals surface area contributed by atoms with Gasteiger partial charge in [-0.2, -0.15) is 0 Å². The van der Waals surface area contributed by atoms with Gasteiger partial charge in [0.05, 0.1) is 35.6 Å². The number of rotatable bonds is 8. The number of fused-ring (bicyclic) bond motifs is 1. The van der Waals surface area contributed by atoms with Gasteiger partial charge in [-0.05, 0) is 38.8 Å². The van der Waals surface area contributed by atoms with E-state index in [0.717, 1.165) is 49.2 Å². The normalized spacial score (nSPS) is 17.0. The summed E-state index contributed by atoms with van der Waals surface area (Å²) in [6.07, 6.45) is 3.74. The van der Waals surface area contributed by atoms with Crippen LogP contribution < -0.4 is 20.1 Å². The van der Waals surface area contributed by atoms with Gasteiger partial charge in [0.1, 0.15) is 23.1 Å². The molecular weight excluding hydrogens is 515 g/mol. The van der Waals surface area contributed by atoms with Crippen LogP contribution in [-0.4, -0.2) is 63.2 Å². The lowest BCUT2D eigenvalue weighted by molar-refractivity contribution is 0.0257. The summed E-state index contributed by atoms with van der Waals surface area (Å²) >= 11 is 13.3. The van der Waals surface area contributed by atoms with Crippen molar-refractivity contribution >= 4 is 45.6 Å². The number of nitrogen functional groups attached to an aromatic ring is 1. The van der Waals surface area contributed by atoms with E-state index in [2.05, 4.69) is 23.7 Å². The third kappa shape index (κ3) is 6.49. The number of ether oxygens (including phenoxy) is 4. The number of benzene rings is 1. The number of halogens is 2. The van der Waals surface area contributed by atoms with Gasteiger partial charge in [-0.15, -0.1) is 0 Å². The van der Waals surface area contributed by atoms with Crippen LogP contribution in [0.25, 0.3) is 22.0 Å². The maximum Gasteiger partial charge on any atom is 0.141 e. The molecule has 3 aromatic rings. The minimum atomic E-state index is -0.253. The minimum absolute atomic E-state index is 0.253. The van der Waals surface area contributed by atoms with Crippen LogP contribution >= 0.6 is 23.2 Å². The number of aromatic nitrogens is 2. The SMILES string of the molecule is CCCOCC.COc1cc(OC)c(Cl)c(-c2cc3cnc(N)cc3c(N3CCC(C)(OC)C3)n2)c1Cl. The Labute approximate surface area is 229 Å². The topological polar surface area (TPSA) is 92.0 Å². The van der Waals surface area contributed by atoms with E-state index in [1.165, 1.54) is 0 Å². The van der Waals surface area contributed by atoms with E-state index >= 15 is 0 Å². The summed E-state index contributed by atoms with van der Waals surface area (Å²) in [6, 6.07) is 5.38. The van der Waals surface area contributed by atoms with Crippen LogP contribution in [0.5, 0.6) is 11.5 Å². The minimum Gasteiger partial charge on any atom is -0.495 e. The molecule has 1 aliphatic heterocycles. The molecule has 3 heterocycles. The Balaban J connectivity index is 0.000000568. The molecule has 0 radical (unpaired) electrons. The molecule has 10 heteroatoms. The van der Waals surface area contributed by atoms with Gasteiger partial charge in [-0.1, -0.05) is 30.1 Å². The monoisotopic (exact) mass is 550 g/mol. The van der Waals surface area contributed by atoms with Crippen molar-refractivity contribution in [3.63, 3.8) is 0 Å². The Morgan fingerprint density at radius 1 is 1.05 bits per heavy atom. The summed E-state index contributed by atoms with van der Waals surface area (Å²) in [7, 11) is 4.82. The van der Waals surface area contributed by atoms with Crippen LogP contribution in [0.1, 0.15) is 33.6 Å². The lowest BCUT2D eigenvalue weighted by Gasteiger charge is -2.25. The Hall–Kier alpha value is -2.52. The molecule has 37 heavy (non-hydrogen) atoms. The van der Waals surface area contributed by atoms with Crippen LogP contribution in [0, 0.1) is 0 Å². The highest BCUT2D eigenvalue weighted by molar-refractivity contribution is 6.41. The van der Waals surface area contributed by atoms with Crippen molar-refractivity contribution in [3.05, 3.63) is 34.4 Å². The van der Waals surface area contributed by atoms with Gasteiger partial charge in [-0.3, -0.25) is 0 Å². The number of hydrogen-bond donors (Lipinski definition) is 1. The molecule has 0 spiro atoms. The maximum absolute atomic E-state index is 6.66. The first-order chi connectivity index (χ1) is 17.7. The van der Waals surface area contributed by atoms with Crippen molar-refractivity contribution in [1.82, 2.24) is 9.97 Å². The summed E-state index contributed by atoms with van der Waals surface area (Å²) in [4.78, 5) is 11.4. The van der Waals surface area contributed by atoms with E-state index in [1.807, 2.05) is 19.1 Å². The standard InChI is InChI=1S/C22H24Cl2N4O3.C5H12O/c1-22(31-4)5-6-28(11-22)21-13-8-17(25)26-10-12(13)7-14(27-21)18-19(23)15(29-2)9-16(30-3)20(18)24;1-3-5-6-4-2/h7-10H,5-6,11H2,1-4H3,(H2,25,26);3-5H2,1-2H3. The Morgan fingerprint density at radius 2 is 1.73 bits per heavy atom. The van der Waals surface area contributed by atoms with Gasteiger partial charge in [-0.25, -0.2) is 9.97 Å². The fraction of sp³-hybridized carbons (Fsp3) is 0.481. The summed E-state index contributed by atoms with van der Waals surface area (Å²) in [5.74, 6) is 2.10. The number of hydrogen-bond acceptors (Lipinski definition) is 8. The van der Waals surface area contributed by atoms with Crippen LogP contribution in [-0.2, 0) is 9.47 Å². The quantitative estimate of drug-likeness (QED) is 0.329. The van der Waals surface area contributed by atoms with Crippen molar-refractivity contribution in [2.24, 2.45) is 0 Å². The van der Waals surface area contributed by atoms with Gasteiger partial charge in [0.25, 0.3) is 0 Å². The van der Waals surface area contributed by atoms with Crippen LogP contribution in [0.2, 0.25) is 10.0 Å². The lowest BCUT2D eigenvalue weighted by atomic mass is 10.1. The van der Waals surface area contributed by atoms with Gasteiger partial charge in [0.15, 0.2) is 0 Å². The molecule has 4 rings (SSSR count). The molecule has 2 aromatic heterocycles. The average Bonchev–Trinajstić information content (AvgIpc) is 3.30. The van der Waals surface area contributed by atoms with E-state index in [0.29, 0.717) is 45.2 Å². The molecule has 1 aromatic carbocycles. The van der Waals surface area contributed by atoms with Crippen LogP contribution in [0.3, 0.4) is 0 Å². The van der Waals surface area contributed by atoms with Gasteiger partial charge in [0, 0.05) is 62.0 Å². The van der Waals surface area contributed by atoms with Crippen molar-refractivity contribution in [1.29, 1.82) is 0 Å². The van der Waals surface area contributed by atoms with Crippen molar-refractivity contribution in [3.8, 4) is 22.8 Å². The molecule has 1 saturated heterocycles. The molecule has 1 atom stereocenters. The second-order valence-corrected chi connectivity index (χ2v) is 9.72. The third-order valence-corrected chi connectivity index (χ3v) is 7.08. The fourth-order valence-corrected chi connectivity index (χ4v) is 4.89. The molecule has 1 aliphatic rings. The second-order valence-electron chi connectivity index (χ2n) is 8.97. The zero-order valence-electron chi connectivity index (χ0n) is 22.4. The molecular formula is C27H36Cl2N4O4. The molecule has 1 unspecified atom stereocenters. The maximum atomic E-state index is 6.66. The van der Waals surface area contributed by atoms with E-state index in [-0.39, 0.29) is 5.60 Å². The zero-order chi connectivity index (χ0) is 27.2. The van der Waals surface area contributed by atoms with Crippen molar-refractivity contribution in [2.45, 2.75) is 39.2 Å². The summed E-state index contributed by atoms with van der Waals surface area (Å²) < 4.78 is 21.6. The van der Waals surface area contributed by atoms with Crippen LogP contribution in [0.4, 0.5) is 11.6 Å². The smallest absolute Gasteiger partial charge is 0.141 e. The Kier molecular flexibility index (Phi) is 10.1. The third-order valence-electron chi connectivity index (χ3n) is 6.33. The zero-order valence-corrected chi connectivity index (χ0v) is 23.9. The number of methoxy groups -OCH3 is 3. The van der Waals surface area contributed by atoms with Gasteiger partial charge < -0.3 is 29.6 Å². The van der Waals surface area contributed by atoms with E-state index in [1.54, 1.807) is 33.6 Å². The van der Waals surface area contributed by atoms with Crippen molar-refractivity contribution < 1.29 is 18.9 Å². The highest BCUT2D eigenvalue weighted by Gasteiger charge is 2.35. The molecule has 1 fully saturated rings. The van der Waals surface area contributed by atoms with Gasteiger partial charge >= 0.3 is 0 Å². The average molecular weight is 552 g/mol. The summed E-state index contributed by atoms with van der Waals surface area (Å²) in [6.45, 7) is 9.46. The molecule has 202 valence electrons. The van der Waals surface area contributed by atoms with Crippen LogP contribution in [0.15, 0.2) is 24.4 Å². The first-order valence-corrected chi connectivity index (χ1v) is 13.0. The first kappa shape index (κ1) is 29.0. The number of nitrogens with two attached hydrogens (primary N) is 1. The number of pyridine rings is 2. The lowest BCUT2D eigenvalue weighted by Crippen LogP contribution is -2.32. The molecule has 0 aliphatic carbocycles. The fourth-order valence-electron chi connectivity index (χ4n) is 4.19. The molecule has 8 nitrogen and oxygen atoms in total. The van der Waals surface area contributed by atoms with Gasteiger partial charge in [0.2, 0.25) is 0 Å². The van der Waals surface area contributed by atoms with E-state index < -0.39 is 0 Å². The number of nitrogens with zero attached hydrogens (tertiary/aromatic N) is 3. The van der Waals surface area contributed by atoms with E-state index in [9.17, 15) is 0 Å². The first-order valence-electron chi connectivity index (χ1n) is 12.3. The summed E-state index contributed by atoms with van der Waals surface area (Å²) in [5.41, 5.74) is 6.86. The molecule has 0 bridgehead atoms. The highest BCUT2D eigenvalue weighted by atomic mass is 35.5. The summed E-state index contributed by atoms with van der Waals surface area (Å²) in [5, 5.41) is 2.49. The predicted octanol–water partition coefficient (Wildman–Crippen LogP) is 6.25. The molecule has 2 N–H and O–H groups in total. The predicted molar refractivity (Wildman–Crippen MR) is 152 cm³/mol. The Morgan fingerprint density at radius 3 is 2.24 bits per heavy atom. The number of anilines is 2. The highest BCUT2D eigenvalue weighted by Crippen LogP contribution is 2.46. The van der Waals surface area contributed by atoms with E-state index in [4.69, 9.17) is 52.9 Å². The Bertz CT molecular complexity index is 1190. The molecule has 0 saturated carbocycles. The van der Waals surface area contributed by atoms with Crippen molar-refractivity contribution in [2.75, 3.05) is 58.3 Å². The largest absolute Gasteiger partial charge is 0.495 e.